The van der Waals surface area contributed by atoms with E-state index in [-0.39, 0.29) is 16.2 Å². The number of rotatable bonds is 4. The molecule has 1 heterocycles. The Morgan fingerprint density at radius 1 is 1.15 bits per heavy atom. The lowest BCUT2D eigenvalue weighted by Crippen LogP contribution is -2.12. The van der Waals surface area contributed by atoms with E-state index in [0.717, 1.165) is 0 Å². The molecule has 0 spiro atoms. The average Bonchev–Trinajstić information content (AvgIpc) is 2.38. The summed E-state index contributed by atoms with van der Waals surface area (Å²) < 4.78 is 24.7. The lowest BCUT2D eigenvalue weighted by atomic mass is 10.2. The van der Waals surface area contributed by atoms with Crippen LogP contribution in [-0.4, -0.2) is 24.5 Å². The number of sulfone groups is 1. The van der Waals surface area contributed by atoms with Crippen molar-refractivity contribution in [3.05, 3.63) is 59.4 Å². The van der Waals surface area contributed by atoms with Gasteiger partial charge in [-0.2, -0.15) is 0 Å². The standard InChI is InChI=1S/C14H13NO4S/c1-10-5-4-6-11(15-10)9-20(18,19)13-8-3-2-7-12(13)14(16)17/h2-8H,9H2,1H3,(H,16,17). The third-order valence-electron chi connectivity index (χ3n) is 2.74. The molecule has 5 nitrogen and oxygen atoms in total. The van der Waals surface area contributed by atoms with Crippen LogP contribution >= 0.6 is 0 Å². The minimum atomic E-state index is -3.75. The predicted octanol–water partition coefficient (Wildman–Crippen LogP) is 2.06. The fourth-order valence-electron chi connectivity index (χ4n) is 1.87. The highest BCUT2D eigenvalue weighted by molar-refractivity contribution is 7.90. The van der Waals surface area contributed by atoms with E-state index in [9.17, 15) is 13.2 Å². The van der Waals surface area contributed by atoms with E-state index < -0.39 is 15.8 Å². The van der Waals surface area contributed by atoms with Gasteiger partial charge in [0.1, 0.15) is 0 Å². The van der Waals surface area contributed by atoms with Crippen molar-refractivity contribution in [1.82, 2.24) is 4.98 Å². The third kappa shape index (κ3) is 3.03. The number of pyridine rings is 1. The van der Waals surface area contributed by atoms with Gasteiger partial charge in [-0.15, -0.1) is 0 Å². The van der Waals surface area contributed by atoms with E-state index in [1.807, 2.05) is 0 Å². The fraction of sp³-hybridized carbons (Fsp3) is 0.143. The quantitative estimate of drug-likeness (QED) is 0.932. The zero-order valence-corrected chi connectivity index (χ0v) is 11.6. The molecule has 1 aromatic heterocycles. The number of carboxylic acid groups (broad SMARTS) is 1. The molecule has 0 saturated carbocycles. The van der Waals surface area contributed by atoms with Gasteiger partial charge in [0.05, 0.1) is 21.9 Å². The number of hydrogen-bond acceptors (Lipinski definition) is 4. The van der Waals surface area contributed by atoms with Crippen LogP contribution in [-0.2, 0) is 15.6 Å². The number of benzene rings is 1. The van der Waals surface area contributed by atoms with E-state index in [1.54, 1.807) is 25.1 Å². The van der Waals surface area contributed by atoms with Crippen LogP contribution in [0.1, 0.15) is 21.7 Å². The van der Waals surface area contributed by atoms with Gasteiger partial charge in [-0.3, -0.25) is 4.98 Å². The lowest BCUT2D eigenvalue weighted by Gasteiger charge is -2.07. The number of nitrogens with zero attached hydrogens (tertiary/aromatic N) is 1. The summed E-state index contributed by atoms with van der Waals surface area (Å²) >= 11 is 0. The minimum absolute atomic E-state index is 0.184. The molecule has 0 saturated heterocycles. The van der Waals surface area contributed by atoms with Crippen molar-refractivity contribution < 1.29 is 18.3 Å². The molecule has 2 rings (SSSR count). The van der Waals surface area contributed by atoms with Gasteiger partial charge in [0.15, 0.2) is 9.84 Å². The summed E-state index contributed by atoms with van der Waals surface area (Å²) in [5.74, 6) is -1.58. The van der Waals surface area contributed by atoms with Crippen LogP contribution < -0.4 is 0 Å². The maximum absolute atomic E-state index is 12.3. The van der Waals surface area contributed by atoms with Gasteiger partial charge in [0, 0.05) is 5.69 Å². The van der Waals surface area contributed by atoms with Gasteiger partial charge in [-0.05, 0) is 31.2 Å². The maximum Gasteiger partial charge on any atom is 0.337 e. The van der Waals surface area contributed by atoms with E-state index in [0.29, 0.717) is 11.4 Å². The fourth-order valence-corrected chi connectivity index (χ4v) is 3.35. The molecule has 104 valence electrons. The predicted molar refractivity (Wildman–Crippen MR) is 73.3 cm³/mol. The van der Waals surface area contributed by atoms with Crippen LogP contribution in [0.15, 0.2) is 47.4 Å². The van der Waals surface area contributed by atoms with Crippen molar-refractivity contribution in [1.29, 1.82) is 0 Å². The van der Waals surface area contributed by atoms with E-state index in [4.69, 9.17) is 5.11 Å². The van der Waals surface area contributed by atoms with Crippen molar-refractivity contribution in [3.63, 3.8) is 0 Å². The monoisotopic (exact) mass is 291 g/mol. The maximum atomic E-state index is 12.3. The summed E-state index contributed by atoms with van der Waals surface area (Å²) in [6.07, 6.45) is 0. The molecule has 0 unspecified atom stereocenters. The highest BCUT2D eigenvalue weighted by Gasteiger charge is 2.22. The van der Waals surface area contributed by atoms with Crippen molar-refractivity contribution in [2.24, 2.45) is 0 Å². The first kappa shape index (κ1) is 14.2. The van der Waals surface area contributed by atoms with Crippen LogP contribution in [0.25, 0.3) is 0 Å². The van der Waals surface area contributed by atoms with E-state index in [1.165, 1.54) is 24.3 Å². The van der Waals surface area contributed by atoms with Gasteiger partial charge in [-0.25, -0.2) is 13.2 Å². The van der Waals surface area contributed by atoms with E-state index >= 15 is 0 Å². The molecule has 2 aromatic rings. The second-order valence-corrected chi connectivity index (χ2v) is 6.29. The summed E-state index contributed by atoms with van der Waals surface area (Å²) in [4.78, 5) is 15.0. The summed E-state index contributed by atoms with van der Waals surface area (Å²) in [6.45, 7) is 1.77. The Morgan fingerprint density at radius 2 is 1.85 bits per heavy atom. The molecule has 0 radical (unpaired) electrons. The molecular formula is C14H13NO4S. The van der Waals surface area contributed by atoms with Crippen molar-refractivity contribution in [3.8, 4) is 0 Å². The zero-order valence-electron chi connectivity index (χ0n) is 10.8. The Morgan fingerprint density at radius 3 is 2.50 bits per heavy atom. The third-order valence-corrected chi connectivity index (χ3v) is 4.44. The molecule has 1 N–H and O–H groups in total. The molecule has 0 fully saturated rings. The number of aromatic carboxylic acids is 1. The summed E-state index contributed by atoms with van der Waals surface area (Å²) in [5.41, 5.74) is 0.884. The first-order chi connectivity index (χ1) is 9.40. The minimum Gasteiger partial charge on any atom is -0.478 e. The molecule has 0 atom stereocenters. The first-order valence-corrected chi connectivity index (χ1v) is 7.53. The molecule has 1 aromatic carbocycles. The Bertz CT molecular complexity index is 753. The largest absolute Gasteiger partial charge is 0.478 e. The van der Waals surface area contributed by atoms with Crippen molar-refractivity contribution >= 4 is 15.8 Å². The van der Waals surface area contributed by atoms with Crippen LogP contribution in [0.4, 0.5) is 0 Å². The molecule has 0 bridgehead atoms. The Labute approximate surface area is 116 Å². The normalized spacial score (nSPS) is 11.2. The van der Waals surface area contributed by atoms with Crippen LogP contribution in [0.2, 0.25) is 0 Å². The van der Waals surface area contributed by atoms with Crippen molar-refractivity contribution in [2.45, 2.75) is 17.6 Å². The highest BCUT2D eigenvalue weighted by atomic mass is 32.2. The zero-order chi connectivity index (χ0) is 14.8. The second-order valence-electron chi connectivity index (χ2n) is 4.33. The lowest BCUT2D eigenvalue weighted by molar-refractivity contribution is 0.0692. The first-order valence-electron chi connectivity index (χ1n) is 5.88. The molecular weight excluding hydrogens is 278 g/mol. The second kappa shape index (κ2) is 5.42. The summed E-state index contributed by atoms with van der Waals surface area (Å²) in [7, 11) is -3.75. The van der Waals surface area contributed by atoms with Gasteiger partial charge >= 0.3 is 5.97 Å². The smallest absolute Gasteiger partial charge is 0.337 e. The molecule has 6 heteroatoms. The Kier molecular flexibility index (Phi) is 3.85. The Hall–Kier alpha value is -2.21. The summed E-state index contributed by atoms with van der Waals surface area (Å²) in [5, 5.41) is 9.06. The molecule has 0 aliphatic heterocycles. The van der Waals surface area contributed by atoms with Crippen LogP contribution in [0.5, 0.6) is 0 Å². The Balaban J connectivity index is 2.44. The van der Waals surface area contributed by atoms with Crippen LogP contribution in [0, 0.1) is 6.92 Å². The molecule has 20 heavy (non-hydrogen) atoms. The van der Waals surface area contributed by atoms with Gasteiger partial charge in [0.2, 0.25) is 0 Å². The number of aromatic nitrogens is 1. The van der Waals surface area contributed by atoms with Gasteiger partial charge < -0.3 is 5.11 Å². The number of carboxylic acids is 1. The molecule has 0 aliphatic carbocycles. The van der Waals surface area contributed by atoms with Crippen LogP contribution in [0.3, 0.4) is 0 Å². The molecule has 0 amide bonds. The average molecular weight is 291 g/mol. The topological polar surface area (TPSA) is 84.3 Å². The summed E-state index contributed by atoms with van der Waals surface area (Å²) in [6, 6.07) is 10.7. The number of aryl methyl sites for hydroxylation is 1. The SMILES string of the molecule is Cc1cccc(CS(=O)(=O)c2ccccc2C(=O)O)n1. The van der Waals surface area contributed by atoms with E-state index in [2.05, 4.69) is 4.98 Å². The highest BCUT2D eigenvalue weighted by Crippen LogP contribution is 2.20. The van der Waals surface area contributed by atoms with Gasteiger partial charge in [-0.1, -0.05) is 18.2 Å². The van der Waals surface area contributed by atoms with Gasteiger partial charge in [0.25, 0.3) is 0 Å². The number of carbonyl (C=O) groups is 1. The molecule has 0 aliphatic rings. The number of hydrogen-bond donors (Lipinski definition) is 1. The van der Waals surface area contributed by atoms with Crippen molar-refractivity contribution in [2.75, 3.05) is 0 Å².